The predicted molar refractivity (Wildman–Crippen MR) is 91.7 cm³/mol. The topological polar surface area (TPSA) is 64.4 Å². The molecule has 5 nitrogen and oxygen atoms in total. The first kappa shape index (κ1) is 15.8. The van der Waals surface area contributed by atoms with Crippen molar-refractivity contribution in [3.63, 3.8) is 0 Å². The Kier molecular flexibility index (Phi) is 4.91. The molecule has 0 spiro atoms. The third-order valence-electron chi connectivity index (χ3n) is 3.41. The zero-order valence-electron chi connectivity index (χ0n) is 13.4. The molecule has 122 valence electrons. The van der Waals surface area contributed by atoms with E-state index in [-0.39, 0.29) is 12.3 Å². The van der Waals surface area contributed by atoms with Crippen LogP contribution in [0.4, 0.5) is 5.88 Å². The summed E-state index contributed by atoms with van der Waals surface area (Å²) >= 11 is 0. The van der Waals surface area contributed by atoms with Crippen LogP contribution in [0.3, 0.4) is 0 Å². The molecule has 24 heavy (non-hydrogen) atoms. The van der Waals surface area contributed by atoms with E-state index in [4.69, 9.17) is 9.15 Å². The van der Waals surface area contributed by atoms with E-state index in [2.05, 4.69) is 10.3 Å². The van der Waals surface area contributed by atoms with Gasteiger partial charge in [0.2, 0.25) is 17.5 Å². The van der Waals surface area contributed by atoms with E-state index < -0.39 is 5.97 Å². The Morgan fingerprint density at radius 1 is 1.08 bits per heavy atom. The maximum atomic E-state index is 12.1. The van der Waals surface area contributed by atoms with Gasteiger partial charge in [-0.2, -0.15) is 4.98 Å². The van der Waals surface area contributed by atoms with Crippen LogP contribution in [0.1, 0.15) is 23.0 Å². The Hall–Kier alpha value is -3.08. The van der Waals surface area contributed by atoms with Crippen LogP contribution in [0.15, 0.2) is 65.1 Å². The lowest BCUT2D eigenvalue weighted by Crippen LogP contribution is -2.09. The number of esters is 1. The lowest BCUT2D eigenvalue weighted by atomic mass is 10.2. The molecular formula is C19H18N2O3. The quantitative estimate of drug-likeness (QED) is 0.691. The monoisotopic (exact) mass is 322 g/mol. The fourth-order valence-electron chi connectivity index (χ4n) is 2.26. The Labute approximate surface area is 140 Å². The van der Waals surface area contributed by atoms with Crippen LogP contribution in [-0.2, 0) is 11.3 Å². The molecule has 0 fully saturated rings. The van der Waals surface area contributed by atoms with E-state index in [9.17, 15) is 4.79 Å². The van der Waals surface area contributed by atoms with Crippen molar-refractivity contribution in [2.75, 3.05) is 11.9 Å². The summed E-state index contributed by atoms with van der Waals surface area (Å²) in [5.41, 5.74) is 2.03. The van der Waals surface area contributed by atoms with Crippen molar-refractivity contribution in [1.29, 1.82) is 0 Å². The largest absolute Gasteiger partial charge is 0.461 e. The zero-order valence-corrected chi connectivity index (χ0v) is 13.4. The molecule has 0 aliphatic carbocycles. The third-order valence-corrected chi connectivity index (χ3v) is 3.41. The van der Waals surface area contributed by atoms with Crippen molar-refractivity contribution in [3.05, 3.63) is 71.9 Å². The van der Waals surface area contributed by atoms with Gasteiger partial charge in [0.05, 0.1) is 6.61 Å². The number of aromatic nitrogens is 1. The molecule has 0 aliphatic rings. The number of rotatable bonds is 6. The lowest BCUT2D eigenvalue weighted by molar-refractivity contribution is 0.0521. The molecule has 0 saturated carbocycles. The van der Waals surface area contributed by atoms with Crippen molar-refractivity contribution < 1.29 is 13.9 Å². The number of benzene rings is 2. The summed E-state index contributed by atoms with van der Waals surface area (Å²) < 4.78 is 10.8. The fourth-order valence-corrected chi connectivity index (χ4v) is 2.26. The highest BCUT2D eigenvalue weighted by Gasteiger charge is 2.22. The highest BCUT2D eigenvalue weighted by molar-refractivity contribution is 5.92. The van der Waals surface area contributed by atoms with Crippen LogP contribution in [0.25, 0.3) is 11.5 Å². The van der Waals surface area contributed by atoms with Gasteiger partial charge < -0.3 is 14.5 Å². The Morgan fingerprint density at radius 3 is 2.42 bits per heavy atom. The van der Waals surface area contributed by atoms with Gasteiger partial charge in [0.25, 0.3) is 0 Å². The van der Waals surface area contributed by atoms with Crippen LogP contribution >= 0.6 is 0 Å². The van der Waals surface area contributed by atoms with Gasteiger partial charge in [0, 0.05) is 12.1 Å². The summed E-state index contributed by atoms with van der Waals surface area (Å²) in [7, 11) is 0. The molecule has 0 bridgehead atoms. The van der Waals surface area contributed by atoms with Gasteiger partial charge in [-0.05, 0) is 24.6 Å². The molecule has 1 heterocycles. The molecule has 0 aliphatic heterocycles. The number of hydrogen-bond acceptors (Lipinski definition) is 5. The van der Waals surface area contributed by atoms with Gasteiger partial charge in [-0.1, -0.05) is 48.5 Å². The Balaban J connectivity index is 1.87. The second-order valence-electron chi connectivity index (χ2n) is 5.12. The van der Waals surface area contributed by atoms with Gasteiger partial charge in [0.1, 0.15) is 0 Å². The number of ether oxygens (including phenoxy) is 1. The molecule has 0 saturated heterocycles. The minimum Gasteiger partial charge on any atom is -0.461 e. The second-order valence-corrected chi connectivity index (χ2v) is 5.12. The summed E-state index contributed by atoms with van der Waals surface area (Å²) in [5.74, 6) is 0.198. The van der Waals surface area contributed by atoms with Crippen LogP contribution in [-0.4, -0.2) is 17.6 Å². The molecule has 0 atom stereocenters. The molecule has 3 rings (SSSR count). The number of hydrogen-bond donors (Lipinski definition) is 1. The first-order valence-electron chi connectivity index (χ1n) is 7.79. The van der Waals surface area contributed by atoms with Gasteiger partial charge >= 0.3 is 5.97 Å². The summed E-state index contributed by atoms with van der Waals surface area (Å²) in [6, 6.07) is 19.3. The van der Waals surface area contributed by atoms with Crippen molar-refractivity contribution in [3.8, 4) is 11.5 Å². The van der Waals surface area contributed by atoms with Crippen molar-refractivity contribution in [1.82, 2.24) is 4.98 Å². The average Bonchev–Trinajstić information content (AvgIpc) is 3.06. The highest BCUT2D eigenvalue weighted by atomic mass is 16.5. The molecule has 5 heteroatoms. The molecule has 0 unspecified atom stereocenters. The van der Waals surface area contributed by atoms with E-state index in [0.717, 1.165) is 11.1 Å². The number of nitrogens with one attached hydrogen (secondary N) is 1. The minimum absolute atomic E-state index is 0.159. The van der Waals surface area contributed by atoms with Crippen LogP contribution in [0.5, 0.6) is 0 Å². The number of oxazole rings is 1. The second kappa shape index (κ2) is 7.46. The van der Waals surface area contributed by atoms with E-state index in [1.807, 2.05) is 60.7 Å². The standard InChI is InChI=1S/C19H18N2O3/c1-2-23-19(22)16-18(20-13-14-9-5-3-6-10-14)24-17(21-16)15-11-7-4-8-12-15/h3-12,20H,2,13H2,1H3. The normalized spacial score (nSPS) is 10.4. The number of carbonyl (C=O) groups excluding carboxylic acids is 1. The summed E-state index contributed by atoms with van der Waals surface area (Å²) in [6.45, 7) is 2.56. The zero-order chi connectivity index (χ0) is 16.8. The minimum atomic E-state index is -0.501. The van der Waals surface area contributed by atoms with E-state index in [1.54, 1.807) is 6.92 Å². The Bertz CT molecular complexity index is 798. The number of nitrogens with zero attached hydrogens (tertiary/aromatic N) is 1. The first-order valence-corrected chi connectivity index (χ1v) is 7.79. The van der Waals surface area contributed by atoms with Gasteiger partial charge in [0.15, 0.2) is 0 Å². The molecule has 2 aromatic carbocycles. The van der Waals surface area contributed by atoms with Gasteiger partial charge in [-0.15, -0.1) is 0 Å². The van der Waals surface area contributed by atoms with E-state index in [0.29, 0.717) is 18.3 Å². The molecule has 3 aromatic rings. The van der Waals surface area contributed by atoms with Crippen molar-refractivity contribution >= 4 is 11.9 Å². The summed E-state index contributed by atoms with van der Waals surface area (Å²) in [5, 5.41) is 3.13. The SMILES string of the molecule is CCOC(=O)c1nc(-c2ccccc2)oc1NCc1ccccc1. The molecule has 1 aromatic heterocycles. The smallest absolute Gasteiger partial charge is 0.362 e. The number of carbonyl (C=O) groups is 1. The first-order chi connectivity index (χ1) is 11.8. The van der Waals surface area contributed by atoms with Crippen LogP contribution in [0.2, 0.25) is 0 Å². The highest BCUT2D eigenvalue weighted by Crippen LogP contribution is 2.26. The maximum Gasteiger partial charge on any atom is 0.362 e. The average molecular weight is 322 g/mol. The summed E-state index contributed by atoms with van der Waals surface area (Å²) in [4.78, 5) is 16.4. The summed E-state index contributed by atoms with van der Waals surface area (Å²) in [6.07, 6.45) is 0. The van der Waals surface area contributed by atoms with Crippen molar-refractivity contribution in [2.24, 2.45) is 0 Å². The van der Waals surface area contributed by atoms with E-state index in [1.165, 1.54) is 0 Å². The third kappa shape index (κ3) is 3.63. The predicted octanol–water partition coefficient (Wildman–Crippen LogP) is 4.13. The van der Waals surface area contributed by atoms with Crippen LogP contribution in [0, 0.1) is 0 Å². The van der Waals surface area contributed by atoms with Crippen molar-refractivity contribution in [2.45, 2.75) is 13.5 Å². The molecule has 0 radical (unpaired) electrons. The van der Waals surface area contributed by atoms with Gasteiger partial charge in [-0.3, -0.25) is 0 Å². The van der Waals surface area contributed by atoms with E-state index >= 15 is 0 Å². The van der Waals surface area contributed by atoms with Crippen LogP contribution < -0.4 is 5.32 Å². The lowest BCUT2D eigenvalue weighted by Gasteiger charge is -2.04. The number of anilines is 1. The molecule has 1 N–H and O–H groups in total. The van der Waals surface area contributed by atoms with Gasteiger partial charge in [-0.25, -0.2) is 4.79 Å². The Morgan fingerprint density at radius 2 is 1.75 bits per heavy atom. The maximum absolute atomic E-state index is 12.1. The fraction of sp³-hybridized carbons (Fsp3) is 0.158. The molecular weight excluding hydrogens is 304 g/mol. The molecule has 0 amide bonds.